The lowest BCUT2D eigenvalue weighted by Gasteiger charge is -2.23. The maximum atomic E-state index is 13.2. The van der Waals surface area contributed by atoms with Crippen LogP contribution < -0.4 is 19.5 Å². The summed E-state index contributed by atoms with van der Waals surface area (Å²) >= 11 is 0. The van der Waals surface area contributed by atoms with Gasteiger partial charge in [-0.2, -0.15) is 0 Å². The van der Waals surface area contributed by atoms with Crippen LogP contribution in [0.5, 0.6) is 17.2 Å². The molecule has 1 amide bonds. The first-order valence-electron chi connectivity index (χ1n) is 12.1. The van der Waals surface area contributed by atoms with Crippen LogP contribution in [0.1, 0.15) is 67.7 Å². The molecule has 1 atom stereocenters. The summed E-state index contributed by atoms with van der Waals surface area (Å²) in [5.74, 6) is 2.76. The van der Waals surface area contributed by atoms with Crippen molar-refractivity contribution in [1.29, 1.82) is 0 Å². The molecular formula is C27H35N3O4. The highest BCUT2D eigenvalue weighted by atomic mass is 16.5. The van der Waals surface area contributed by atoms with E-state index in [1.54, 1.807) is 19.2 Å². The van der Waals surface area contributed by atoms with Gasteiger partial charge in [0.15, 0.2) is 11.5 Å². The highest BCUT2D eigenvalue weighted by Gasteiger charge is 2.22. The van der Waals surface area contributed by atoms with Crippen LogP contribution in [-0.2, 0) is 6.54 Å². The lowest BCUT2D eigenvalue weighted by molar-refractivity contribution is 0.0936. The Morgan fingerprint density at radius 2 is 1.74 bits per heavy atom. The summed E-state index contributed by atoms with van der Waals surface area (Å²) in [4.78, 5) is 18.1. The smallest absolute Gasteiger partial charge is 0.252 e. The minimum atomic E-state index is -0.273. The summed E-state index contributed by atoms with van der Waals surface area (Å²) in [5, 5.41) is 3.12. The van der Waals surface area contributed by atoms with Crippen molar-refractivity contribution in [3.63, 3.8) is 0 Å². The number of carbonyl (C=O) groups is 1. The van der Waals surface area contributed by atoms with Crippen LogP contribution in [-0.4, -0.2) is 36.8 Å². The van der Waals surface area contributed by atoms with Gasteiger partial charge in [-0.15, -0.1) is 0 Å². The highest BCUT2D eigenvalue weighted by Crippen LogP contribution is 2.38. The number of aryl methyl sites for hydroxylation is 1. The first-order chi connectivity index (χ1) is 16.5. The average Bonchev–Trinajstić information content (AvgIpc) is 3.25. The summed E-state index contributed by atoms with van der Waals surface area (Å²) in [7, 11) is 4.62. The van der Waals surface area contributed by atoms with Crippen molar-refractivity contribution >= 4 is 16.9 Å². The largest absolute Gasteiger partial charge is 0.493 e. The number of carbonyl (C=O) groups excluding carboxylic acids is 1. The Bertz CT molecular complexity index is 1110. The van der Waals surface area contributed by atoms with Crippen LogP contribution in [0.3, 0.4) is 0 Å². The van der Waals surface area contributed by atoms with Crippen LogP contribution in [0.15, 0.2) is 36.4 Å². The van der Waals surface area contributed by atoms with Crippen LogP contribution >= 0.6 is 0 Å². The van der Waals surface area contributed by atoms with Crippen molar-refractivity contribution in [2.45, 2.75) is 58.0 Å². The molecule has 1 aromatic heterocycles. The van der Waals surface area contributed by atoms with Gasteiger partial charge < -0.3 is 24.1 Å². The van der Waals surface area contributed by atoms with Crippen molar-refractivity contribution in [2.24, 2.45) is 5.92 Å². The third-order valence-electron chi connectivity index (χ3n) is 6.83. The lowest BCUT2D eigenvalue weighted by atomic mass is 9.87. The zero-order chi connectivity index (χ0) is 24.1. The molecule has 4 rings (SSSR count). The average molecular weight is 466 g/mol. The number of nitrogens with zero attached hydrogens (tertiary/aromatic N) is 2. The molecule has 1 saturated carbocycles. The zero-order valence-electron chi connectivity index (χ0n) is 20.6. The Morgan fingerprint density at radius 3 is 2.38 bits per heavy atom. The highest BCUT2D eigenvalue weighted by molar-refractivity contribution is 5.96. The van der Waals surface area contributed by atoms with E-state index in [0.29, 0.717) is 22.8 Å². The number of rotatable bonds is 9. The van der Waals surface area contributed by atoms with Gasteiger partial charge in [-0.25, -0.2) is 4.98 Å². The van der Waals surface area contributed by atoms with E-state index in [1.165, 1.54) is 46.3 Å². The van der Waals surface area contributed by atoms with Gasteiger partial charge in [0.05, 0.1) is 38.4 Å². The third-order valence-corrected chi connectivity index (χ3v) is 6.83. The predicted molar refractivity (Wildman–Crippen MR) is 133 cm³/mol. The number of aromatic nitrogens is 2. The Balaban J connectivity index is 1.58. The third kappa shape index (κ3) is 4.98. The van der Waals surface area contributed by atoms with Gasteiger partial charge in [0.2, 0.25) is 5.75 Å². The van der Waals surface area contributed by atoms with Gasteiger partial charge >= 0.3 is 0 Å². The second-order valence-electron chi connectivity index (χ2n) is 9.01. The van der Waals surface area contributed by atoms with E-state index in [0.717, 1.165) is 35.7 Å². The topological polar surface area (TPSA) is 74.6 Å². The summed E-state index contributed by atoms with van der Waals surface area (Å²) in [6.45, 7) is 2.89. The van der Waals surface area contributed by atoms with E-state index in [2.05, 4.69) is 16.0 Å². The van der Waals surface area contributed by atoms with Gasteiger partial charge in [0.1, 0.15) is 5.82 Å². The molecule has 1 aliphatic rings. The Morgan fingerprint density at radius 1 is 1.06 bits per heavy atom. The van der Waals surface area contributed by atoms with E-state index in [9.17, 15) is 4.79 Å². The zero-order valence-corrected chi connectivity index (χ0v) is 20.6. The van der Waals surface area contributed by atoms with Crippen LogP contribution in [0.4, 0.5) is 0 Å². The minimum Gasteiger partial charge on any atom is -0.493 e. The molecular weight excluding hydrogens is 430 g/mol. The van der Waals surface area contributed by atoms with Gasteiger partial charge in [-0.1, -0.05) is 44.2 Å². The van der Waals surface area contributed by atoms with Crippen LogP contribution in [0.2, 0.25) is 0 Å². The first-order valence-corrected chi connectivity index (χ1v) is 12.1. The van der Waals surface area contributed by atoms with Crippen molar-refractivity contribution in [1.82, 2.24) is 14.9 Å². The summed E-state index contributed by atoms with van der Waals surface area (Å²) in [6, 6.07) is 11.2. The number of nitrogens with one attached hydrogen (secondary N) is 1. The molecule has 1 fully saturated rings. The molecule has 0 saturated heterocycles. The summed E-state index contributed by atoms with van der Waals surface area (Å²) in [5.41, 5.74) is 2.50. The maximum absolute atomic E-state index is 13.2. The molecule has 182 valence electrons. The molecule has 34 heavy (non-hydrogen) atoms. The molecule has 0 radical (unpaired) electrons. The van der Waals surface area contributed by atoms with Crippen molar-refractivity contribution in [2.75, 3.05) is 21.3 Å². The van der Waals surface area contributed by atoms with E-state index >= 15 is 0 Å². The van der Waals surface area contributed by atoms with Gasteiger partial charge in [0.25, 0.3) is 5.91 Å². The summed E-state index contributed by atoms with van der Waals surface area (Å²) < 4.78 is 18.5. The molecule has 1 unspecified atom stereocenters. The van der Waals surface area contributed by atoms with Crippen molar-refractivity contribution in [3.05, 3.63) is 47.8 Å². The number of benzene rings is 2. The Labute approximate surface area is 201 Å². The van der Waals surface area contributed by atoms with Gasteiger partial charge in [-0.3, -0.25) is 4.79 Å². The van der Waals surface area contributed by atoms with E-state index in [4.69, 9.17) is 19.2 Å². The number of amides is 1. The van der Waals surface area contributed by atoms with Crippen LogP contribution in [0, 0.1) is 5.92 Å². The van der Waals surface area contributed by atoms with Gasteiger partial charge in [0, 0.05) is 12.1 Å². The molecule has 3 aromatic rings. The molecule has 1 aliphatic carbocycles. The number of fused-ring (bicyclic) bond motifs is 1. The number of hydrogen-bond acceptors (Lipinski definition) is 5. The molecule has 0 bridgehead atoms. The second-order valence-corrected chi connectivity index (χ2v) is 9.01. The molecule has 1 heterocycles. The fourth-order valence-corrected chi connectivity index (χ4v) is 5.00. The standard InChI is InChI=1S/C27H35N3O4/c1-18(28-27(31)20-16-23(32-2)25(34-4)24(17-20)33-3)26-29-21-12-8-9-13-22(21)30(26)15-14-19-10-6-5-7-11-19/h8-9,12-13,16-19H,5-7,10-11,14-15H2,1-4H3,(H,28,31). The summed E-state index contributed by atoms with van der Waals surface area (Å²) in [6.07, 6.45) is 7.80. The predicted octanol–water partition coefficient (Wildman–Crippen LogP) is 5.52. The molecule has 0 spiro atoms. The monoisotopic (exact) mass is 465 g/mol. The van der Waals surface area contributed by atoms with Gasteiger partial charge in [-0.05, 0) is 43.5 Å². The minimum absolute atomic E-state index is 0.224. The number of ether oxygens (including phenoxy) is 3. The van der Waals surface area contributed by atoms with E-state index in [1.807, 2.05) is 25.1 Å². The van der Waals surface area contributed by atoms with E-state index in [-0.39, 0.29) is 11.9 Å². The maximum Gasteiger partial charge on any atom is 0.252 e. The quantitative estimate of drug-likeness (QED) is 0.450. The first kappa shape index (κ1) is 23.9. The molecule has 7 heteroatoms. The lowest BCUT2D eigenvalue weighted by Crippen LogP contribution is -2.29. The Hall–Kier alpha value is -3.22. The molecule has 1 N–H and O–H groups in total. The van der Waals surface area contributed by atoms with Crippen LogP contribution in [0.25, 0.3) is 11.0 Å². The second kappa shape index (κ2) is 10.8. The number of methoxy groups -OCH3 is 3. The molecule has 7 nitrogen and oxygen atoms in total. The van der Waals surface area contributed by atoms with Crippen molar-refractivity contribution < 1.29 is 19.0 Å². The normalized spacial score (nSPS) is 15.2. The van der Waals surface area contributed by atoms with E-state index < -0.39 is 0 Å². The molecule has 2 aromatic carbocycles. The SMILES string of the molecule is COc1cc(C(=O)NC(C)c2nc3ccccc3n2CCC2CCCCC2)cc(OC)c1OC. The number of hydrogen-bond donors (Lipinski definition) is 1. The number of imidazole rings is 1. The Kier molecular flexibility index (Phi) is 7.60. The fraction of sp³-hybridized carbons (Fsp3) is 0.481. The van der Waals surface area contributed by atoms with Crippen molar-refractivity contribution in [3.8, 4) is 17.2 Å². The molecule has 0 aliphatic heterocycles. The fourth-order valence-electron chi connectivity index (χ4n) is 5.00. The number of para-hydroxylation sites is 2.